The summed E-state index contributed by atoms with van der Waals surface area (Å²) in [5.41, 5.74) is 6.12. The van der Waals surface area contributed by atoms with Crippen LogP contribution in [0.4, 0.5) is 0 Å². The number of amides is 1. The number of hydrogen-bond acceptors (Lipinski definition) is 3. The predicted molar refractivity (Wildman–Crippen MR) is 94.8 cm³/mol. The van der Waals surface area contributed by atoms with E-state index in [0.29, 0.717) is 24.3 Å². The fraction of sp³-hybridized carbons (Fsp3) is 0.562. The highest BCUT2D eigenvalue weighted by Gasteiger charge is 2.42. The summed E-state index contributed by atoms with van der Waals surface area (Å²) in [5.74, 6) is 2.21. The van der Waals surface area contributed by atoms with Crippen molar-refractivity contribution in [3.05, 3.63) is 29.3 Å². The highest BCUT2D eigenvalue weighted by molar-refractivity contribution is 7.99. The van der Waals surface area contributed by atoms with Crippen LogP contribution in [0.2, 0.25) is 5.02 Å². The van der Waals surface area contributed by atoms with Gasteiger partial charge in [0.15, 0.2) is 0 Å². The molecular formula is C16H22Cl2N2OS. The minimum atomic E-state index is 0. The molecule has 1 aliphatic heterocycles. The van der Waals surface area contributed by atoms with Crippen LogP contribution in [-0.2, 0) is 4.79 Å². The number of hydrogen-bond donors (Lipinski definition) is 1. The third-order valence-electron chi connectivity index (χ3n) is 4.68. The topological polar surface area (TPSA) is 46.3 Å². The predicted octanol–water partition coefficient (Wildman–Crippen LogP) is 3.44. The van der Waals surface area contributed by atoms with Crippen LogP contribution < -0.4 is 5.73 Å². The third-order valence-corrected chi connectivity index (χ3v) is 6.19. The van der Waals surface area contributed by atoms with E-state index in [-0.39, 0.29) is 18.3 Å². The highest BCUT2D eigenvalue weighted by Crippen LogP contribution is 2.37. The van der Waals surface area contributed by atoms with Crippen molar-refractivity contribution in [1.82, 2.24) is 4.90 Å². The summed E-state index contributed by atoms with van der Waals surface area (Å²) >= 11 is 7.77. The first kappa shape index (κ1) is 17.9. The Hall–Kier alpha value is -0.420. The summed E-state index contributed by atoms with van der Waals surface area (Å²) in [7, 11) is 0. The maximum atomic E-state index is 12.3. The van der Waals surface area contributed by atoms with Crippen molar-refractivity contribution in [2.75, 3.05) is 18.8 Å². The summed E-state index contributed by atoms with van der Waals surface area (Å²) in [6.45, 7) is 1.77. The van der Waals surface area contributed by atoms with Gasteiger partial charge in [0.05, 0.1) is 5.02 Å². The Morgan fingerprint density at radius 3 is 2.82 bits per heavy atom. The Morgan fingerprint density at radius 2 is 2.09 bits per heavy atom. The van der Waals surface area contributed by atoms with Crippen LogP contribution in [0.1, 0.15) is 19.3 Å². The van der Waals surface area contributed by atoms with E-state index in [1.165, 1.54) is 6.42 Å². The van der Waals surface area contributed by atoms with Crippen LogP contribution in [0.5, 0.6) is 0 Å². The van der Waals surface area contributed by atoms with Gasteiger partial charge in [-0.05, 0) is 36.8 Å². The summed E-state index contributed by atoms with van der Waals surface area (Å²) in [6.07, 6.45) is 2.88. The van der Waals surface area contributed by atoms with Crippen LogP contribution >= 0.6 is 35.8 Å². The van der Waals surface area contributed by atoms with Crippen LogP contribution in [0.3, 0.4) is 0 Å². The molecule has 1 saturated carbocycles. The third kappa shape index (κ3) is 3.91. The molecule has 122 valence electrons. The van der Waals surface area contributed by atoms with E-state index in [9.17, 15) is 4.79 Å². The zero-order valence-electron chi connectivity index (χ0n) is 12.4. The zero-order valence-corrected chi connectivity index (χ0v) is 14.8. The lowest BCUT2D eigenvalue weighted by Gasteiger charge is -2.18. The van der Waals surface area contributed by atoms with Crippen LogP contribution in [0.15, 0.2) is 29.2 Å². The number of rotatable bonds is 4. The maximum Gasteiger partial charge on any atom is 0.223 e. The first-order valence-electron chi connectivity index (χ1n) is 7.56. The number of nitrogens with zero attached hydrogens (tertiary/aromatic N) is 1. The SMILES string of the molecule is Cl.NC1CCC2CN(C(=O)CCSc3ccccc3Cl)CC12. The highest BCUT2D eigenvalue weighted by atomic mass is 35.5. The number of halogens is 2. The second kappa shape index (κ2) is 7.91. The first-order chi connectivity index (χ1) is 10.1. The maximum absolute atomic E-state index is 12.3. The molecule has 1 amide bonds. The lowest BCUT2D eigenvalue weighted by Crippen LogP contribution is -2.33. The van der Waals surface area contributed by atoms with E-state index >= 15 is 0 Å². The molecule has 22 heavy (non-hydrogen) atoms. The van der Waals surface area contributed by atoms with Crippen molar-refractivity contribution in [2.45, 2.75) is 30.2 Å². The quantitative estimate of drug-likeness (QED) is 0.836. The fourth-order valence-electron chi connectivity index (χ4n) is 3.48. The molecule has 2 aliphatic rings. The van der Waals surface area contributed by atoms with E-state index in [0.717, 1.165) is 35.2 Å². The van der Waals surface area contributed by atoms with Gasteiger partial charge >= 0.3 is 0 Å². The number of fused-ring (bicyclic) bond motifs is 1. The second-order valence-electron chi connectivity index (χ2n) is 5.99. The van der Waals surface area contributed by atoms with Gasteiger partial charge in [-0.3, -0.25) is 4.79 Å². The molecule has 0 aromatic heterocycles. The van der Waals surface area contributed by atoms with E-state index in [4.69, 9.17) is 17.3 Å². The lowest BCUT2D eigenvalue weighted by molar-refractivity contribution is -0.130. The van der Waals surface area contributed by atoms with Gasteiger partial charge in [-0.2, -0.15) is 0 Å². The standard InChI is InChI=1S/C16H21ClN2OS.ClH/c17-13-3-1-2-4-15(13)21-8-7-16(20)19-9-11-5-6-14(18)12(11)10-19;/h1-4,11-12,14H,5-10,18H2;1H. The molecule has 2 N–H and O–H groups in total. The molecule has 1 aromatic rings. The number of carbonyl (C=O) groups is 1. The first-order valence-corrected chi connectivity index (χ1v) is 8.92. The molecule has 1 heterocycles. The van der Waals surface area contributed by atoms with E-state index < -0.39 is 0 Å². The van der Waals surface area contributed by atoms with Crippen molar-refractivity contribution in [3.63, 3.8) is 0 Å². The van der Waals surface area contributed by atoms with Gasteiger partial charge in [0.2, 0.25) is 5.91 Å². The van der Waals surface area contributed by atoms with Crippen molar-refractivity contribution in [2.24, 2.45) is 17.6 Å². The average molecular weight is 361 g/mol. The molecule has 1 aliphatic carbocycles. The van der Waals surface area contributed by atoms with Crippen molar-refractivity contribution in [3.8, 4) is 0 Å². The summed E-state index contributed by atoms with van der Waals surface area (Å²) in [6, 6.07) is 8.07. The molecule has 0 spiro atoms. The Bertz CT molecular complexity index is 529. The number of carbonyl (C=O) groups excluding carboxylic acids is 1. The monoisotopic (exact) mass is 360 g/mol. The largest absolute Gasteiger partial charge is 0.342 e. The van der Waals surface area contributed by atoms with E-state index in [2.05, 4.69) is 0 Å². The van der Waals surface area contributed by atoms with E-state index in [1.54, 1.807) is 11.8 Å². The van der Waals surface area contributed by atoms with Crippen molar-refractivity contribution < 1.29 is 4.79 Å². The molecule has 3 unspecified atom stereocenters. The molecule has 6 heteroatoms. The van der Waals surface area contributed by atoms with Gasteiger partial charge < -0.3 is 10.6 Å². The van der Waals surface area contributed by atoms with Gasteiger partial charge in [0.25, 0.3) is 0 Å². The molecule has 2 fully saturated rings. The minimum absolute atomic E-state index is 0. The van der Waals surface area contributed by atoms with Gasteiger partial charge in [-0.25, -0.2) is 0 Å². The molecule has 3 nitrogen and oxygen atoms in total. The number of thioether (sulfide) groups is 1. The van der Waals surface area contributed by atoms with Crippen molar-refractivity contribution in [1.29, 1.82) is 0 Å². The van der Waals surface area contributed by atoms with E-state index in [1.807, 2.05) is 29.2 Å². The number of likely N-dealkylation sites (tertiary alicyclic amines) is 1. The second-order valence-corrected chi connectivity index (χ2v) is 7.54. The van der Waals surface area contributed by atoms with Crippen LogP contribution in [0, 0.1) is 11.8 Å². The zero-order chi connectivity index (χ0) is 14.8. The van der Waals surface area contributed by atoms with Crippen LogP contribution in [0.25, 0.3) is 0 Å². The smallest absolute Gasteiger partial charge is 0.223 e. The molecule has 0 radical (unpaired) electrons. The molecule has 0 bridgehead atoms. The molecule has 3 rings (SSSR count). The Balaban J connectivity index is 0.00000176. The molecule has 1 aromatic carbocycles. The minimum Gasteiger partial charge on any atom is -0.342 e. The number of nitrogens with two attached hydrogens (primary N) is 1. The van der Waals surface area contributed by atoms with Gasteiger partial charge in [-0.15, -0.1) is 24.2 Å². The number of benzene rings is 1. The Morgan fingerprint density at radius 1 is 1.32 bits per heavy atom. The normalized spacial score (nSPS) is 26.6. The molecule has 1 saturated heterocycles. The summed E-state index contributed by atoms with van der Waals surface area (Å²) in [4.78, 5) is 15.4. The molecular weight excluding hydrogens is 339 g/mol. The average Bonchev–Trinajstić information content (AvgIpc) is 3.04. The van der Waals surface area contributed by atoms with Gasteiger partial charge in [0, 0.05) is 36.2 Å². The fourth-order valence-corrected chi connectivity index (χ4v) is 4.66. The lowest BCUT2D eigenvalue weighted by atomic mass is 9.98. The van der Waals surface area contributed by atoms with Crippen molar-refractivity contribution >= 4 is 41.7 Å². The Kier molecular flexibility index (Phi) is 6.45. The summed E-state index contributed by atoms with van der Waals surface area (Å²) in [5, 5.41) is 0.761. The Labute approximate surface area is 147 Å². The summed E-state index contributed by atoms with van der Waals surface area (Å²) < 4.78 is 0. The van der Waals surface area contributed by atoms with Gasteiger partial charge in [-0.1, -0.05) is 23.7 Å². The van der Waals surface area contributed by atoms with Crippen LogP contribution in [-0.4, -0.2) is 35.7 Å². The van der Waals surface area contributed by atoms with Gasteiger partial charge in [0.1, 0.15) is 0 Å². The molecule has 3 atom stereocenters.